The number of fused-ring (bicyclic) bond motifs is 1. The van der Waals surface area contributed by atoms with E-state index < -0.39 is 0 Å². The monoisotopic (exact) mass is 442 g/mol. The average molecular weight is 443 g/mol. The van der Waals surface area contributed by atoms with Gasteiger partial charge in [0.25, 0.3) is 0 Å². The molecule has 5 rings (SSSR count). The summed E-state index contributed by atoms with van der Waals surface area (Å²) < 4.78 is 12.7. The topological polar surface area (TPSA) is 76.3 Å². The van der Waals surface area contributed by atoms with Crippen molar-refractivity contribution < 1.29 is 9.47 Å². The van der Waals surface area contributed by atoms with E-state index in [-0.39, 0.29) is 0 Å². The van der Waals surface area contributed by atoms with Gasteiger partial charge < -0.3 is 14.4 Å². The van der Waals surface area contributed by atoms with Gasteiger partial charge >= 0.3 is 0 Å². The highest BCUT2D eigenvalue weighted by Crippen LogP contribution is 2.27. The molecule has 0 bridgehead atoms. The first kappa shape index (κ1) is 21.0. The Morgan fingerprint density at radius 2 is 1.88 bits per heavy atom. The lowest BCUT2D eigenvalue weighted by atomic mass is 10.1. The van der Waals surface area contributed by atoms with Gasteiger partial charge in [0.05, 0.1) is 32.2 Å². The predicted octanol–water partition coefficient (Wildman–Crippen LogP) is 4.00. The average Bonchev–Trinajstić information content (AvgIpc) is 3.28. The van der Waals surface area contributed by atoms with Crippen molar-refractivity contribution in [1.29, 1.82) is 0 Å². The first-order valence-electron chi connectivity index (χ1n) is 10.9. The van der Waals surface area contributed by atoms with Crippen molar-refractivity contribution >= 4 is 23.5 Å². The molecule has 0 radical (unpaired) electrons. The van der Waals surface area contributed by atoms with Crippen molar-refractivity contribution in [3.05, 3.63) is 71.8 Å². The van der Waals surface area contributed by atoms with Crippen LogP contribution in [0.25, 0.3) is 16.9 Å². The molecule has 33 heavy (non-hydrogen) atoms. The Balaban J connectivity index is 1.49. The van der Waals surface area contributed by atoms with Crippen LogP contribution < -0.4 is 15.1 Å². The first-order valence-corrected chi connectivity index (χ1v) is 10.9. The maximum absolute atomic E-state index is 5.55. The van der Waals surface area contributed by atoms with E-state index in [0.717, 1.165) is 47.1 Å². The number of anilines is 2. The van der Waals surface area contributed by atoms with Crippen molar-refractivity contribution in [2.75, 3.05) is 43.7 Å². The predicted molar refractivity (Wildman–Crippen MR) is 130 cm³/mol. The van der Waals surface area contributed by atoms with Crippen LogP contribution in [0.2, 0.25) is 0 Å². The molecule has 1 fully saturated rings. The van der Waals surface area contributed by atoms with Gasteiger partial charge in [-0.25, -0.2) is 4.98 Å². The lowest BCUT2D eigenvalue weighted by Crippen LogP contribution is -2.37. The molecule has 1 aliphatic heterocycles. The molecule has 168 valence electrons. The van der Waals surface area contributed by atoms with Gasteiger partial charge in [0.15, 0.2) is 11.5 Å². The van der Waals surface area contributed by atoms with Crippen molar-refractivity contribution in [3.63, 3.8) is 0 Å². The van der Waals surface area contributed by atoms with Gasteiger partial charge in [0, 0.05) is 30.8 Å². The molecule has 0 atom stereocenters. The smallest absolute Gasteiger partial charge is 0.160 e. The number of hydrogen-bond donors (Lipinski definition) is 1. The van der Waals surface area contributed by atoms with E-state index in [2.05, 4.69) is 34.5 Å². The Morgan fingerprint density at radius 1 is 1.06 bits per heavy atom. The minimum absolute atomic E-state index is 0.661. The molecular formula is C25H26N6O2. The molecule has 1 N–H and O–H groups in total. The van der Waals surface area contributed by atoms with Crippen LogP contribution in [0.5, 0.6) is 5.75 Å². The van der Waals surface area contributed by atoms with Gasteiger partial charge in [-0.1, -0.05) is 29.8 Å². The second-order valence-corrected chi connectivity index (χ2v) is 7.91. The number of aromatic nitrogens is 3. The molecule has 0 aliphatic carbocycles. The zero-order valence-electron chi connectivity index (χ0n) is 18.7. The standard InChI is InChI=1S/C25H26N6O2/c1-18-4-3-5-19(14-18)17-26-28-23-16-25(30-10-12-33-13-11-30)31-24(27-23)15-22(29-31)20-6-8-21(32-2)9-7-20/h3-9,14-17H,10-13H2,1-2H3,(H,27,28)/b26-17+. The van der Waals surface area contributed by atoms with E-state index in [0.29, 0.717) is 19.0 Å². The van der Waals surface area contributed by atoms with Crippen LogP contribution in [0, 0.1) is 6.92 Å². The zero-order chi connectivity index (χ0) is 22.6. The first-order chi connectivity index (χ1) is 16.2. The van der Waals surface area contributed by atoms with Gasteiger partial charge in [-0.15, -0.1) is 0 Å². The fourth-order valence-corrected chi connectivity index (χ4v) is 3.86. The Hall–Kier alpha value is -3.91. The van der Waals surface area contributed by atoms with Gasteiger partial charge in [0.2, 0.25) is 0 Å². The van der Waals surface area contributed by atoms with Crippen LogP contribution in [0.4, 0.5) is 11.6 Å². The summed E-state index contributed by atoms with van der Waals surface area (Å²) in [6.45, 7) is 5.02. The number of ether oxygens (including phenoxy) is 2. The fraction of sp³-hybridized carbons (Fsp3) is 0.240. The molecule has 1 saturated heterocycles. The van der Waals surface area contributed by atoms with Crippen LogP contribution in [-0.4, -0.2) is 54.2 Å². The second kappa shape index (κ2) is 9.30. The summed E-state index contributed by atoms with van der Waals surface area (Å²) >= 11 is 0. The quantitative estimate of drug-likeness (QED) is 0.359. The third-order valence-electron chi connectivity index (χ3n) is 5.56. The third-order valence-corrected chi connectivity index (χ3v) is 5.56. The van der Waals surface area contributed by atoms with Gasteiger partial charge in [0.1, 0.15) is 11.6 Å². The maximum atomic E-state index is 5.55. The normalized spacial score (nSPS) is 14.2. The summed E-state index contributed by atoms with van der Waals surface area (Å²) in [6.07, 6.45) is 1.80. The number of rotatable bonds is 6. The summed E-state index contributed by atoms with van der Waals surface area (Å²) in [6, 6.07) is 20.0. The Bertz CT molecular complexity index is 1280. The van der Waals surface area contributed by atoms with Crippen LogP contribution in [0.3, 0.4) is 0 Å². The Morgan fingerprint density at radius 3 is 2.64 bits per heavy atom. The molecule has 8 nitrogen and oxygen atoms in total. The lowest BCUT2D eigenvalue weighted by molar-refractivity contribution is 0.122. The largest absolute Gasteiger partial charge is 0.497 e. The Labute approximate surface area is 192 Å². The second-order valence-electron chi connectivity index (χ2n) is 7.91. The number of hydrazone groups is 1. The maximum Gasteiger partial charge on any atom is 0.160 e. The highest BCUT2D eigenvalue weighted by Gasteiger charge is 2.18. The number of nitrogens with one attached hydrogen (secondary N) is 1. The molecule has 2 aromatic heterocycles. The van der Waals surface area contributed by atoms with E-state index in [9.17, 15) is 0 Å². The van der Waals surface area contributed by atoms with Crippen LogP contribution in [0.15, 0.2) is 65.8 Å². The van der Waals surface area contributed by atoms with E-state index in [1.54, 1.807) is 13.3 Å². The summed E-state index contributed by atoms with van der Waals surface area (Å²) in [5.74, 6) is 2.43. The Kier molecular flexibility index (Phi) is 5.91. The van der Waals surface area contributed by atoms with Gasteiger partial charge in [-0.3, -0.25) is 5.43 Å². The zero-order valence-corrected chi connectivity index (χ0v) is 18.7. The van der Waals surface area contributed by atoms with Gasteiger partial charge in [-0.2, -0.15) is 14.7 Å². The van der Waals surface area contributed by atoms with Gasteiger partial charge in [-0.05, 0) is 36.8 Å². The van der Waals surface area contributed by atoms with E-state index >= 15 is 0 Å². The highest BCUT2D eigenvalue weighted by molar-refractivity contribution is 5.80. The minimum Gasteiger partial charge on any atom is -0.497 e. The molecule has 0 saturated carbocycles. The van der Waals surface area contributed by atoms with Crippen molar-refractivity contribution in [1.82, 2.24) is 14.6 Å². The molecule has 0 amide bonds. The van der Waals surface area contributed by atoms with Crippen LogP contribution >= 0.6 is 0 Å². The SMILES string of the molecule is COc1ccc(-c2cc3nc(N/N=C/c4cccc(C)c4)cc(N4CCOCC4)n3n2)cc1. The molecular weight excluding hydrogens is 416 g/mol. The number of nitrogens with zero attached hydrogens (tertiary/aromatic N) is 5. The molecule has 1 aliphatic rings. The molecule has 0 unspecified atom stereocenters. The summed E-state index contributed by atoms with van der Waals surface area (Å²) in [5, 5.41) is 9.26. The van der Waals surface area contributed by atoms with E-state index in [1.165, 1.54) is 5.56 Å². The lowest BCUT2D eigenvalue weighted by Gasteiger charge is -2.29. The molecule has 3 heterocycles. The van der Waals surface area contributed by atoms with Crippen molar-refractivity contribution in [2.45, 2.75) is 6.92 Å². The van der Waals surface area contributed by atoms with Crippen LogP contribution in [0.1, 0.15) is 11.1 Å². The number of morpholine rings is 1. The minimum atomic E-state index is 0.661. The number of hydrogen-bond acceptors (Lipinski definition) is 7. The van der Waals surface area contributed by atoms with Crippen molar-refractivity contribution in [2.24, 2.45) is 5.10 Å². The molecule has 0 spiro atoms. The highest BCUT2D eigenvalue weighted by atomic mass is 16.5. The molecule has 8 heteroatoms. The van der Waals surface area contributed by atoms with Crippen molar-refractivity contribution in [3.8, 4) is 17.0 Å². The summed E-state index contributed by atoms with van der Waals surface area (Å²) in [4.78, 5) is 7.01. The number of aryl methyl sites for hydroxylation is 1. The summed E-state index contributed by atoms with van der Waals surface area (Å²) in [5.41, 5.74) is 7.91. The molecule has 4 aromatic rings. The molecule has 2 aromatic carbocycles. The number of methoxy groups -OCH3 is 1. The van der Waals surface area contributed by atoms with E-state index in [4.69, 9.17) is 19.6 Å². The fourth-order valence-electron chi connectivity index (χ4n) is 3.86. The third kappa shape index (κ3) is 4.65. The van der Waals surface area contributed by atoms with Crippen LogP contribution in [-0.2, 0) is 4.74 Å². The number of benzene rings is 2. The van der Waals surface area contributed by atoms with E-state index in [1.807, 2.05) is 53.0 Å². The summed E-state index contributed by atoms with van der Waals surface area (Å²) in [7, 11) is 1.66.